The lowest BCUT2D eigenvalue weighted by Gasteiger charge is -2.22. The molecule has 0 unspecified atom stereocenters. The van der Waals surface area contributed by atoms with Crippen molar-refractivity contribution in [2.45, 2.75) is 39.7 Å². The van der Waals surface area contributed by atoms with E-state index in [1.165, 1.54) is 4.90 Å². The number of amides is 2. The summed E-state index contributed by atoms with van der Waals surface area (Å²) in [6, 6.07) is 24.5. The summed E-state index contributed by atoms with van der Waals surface area (Å²) in [6.45, 7) is 8.15. The van der Waals surface area contributed by atoms with Gasteiger partial charge >= 0.3 is 0 Å². The van der Waals surface area contributed by atoms with E-state index in [2.05, 4.69) is 13.8 Å². The van der Waals surface area contributed by atoms with Gasteiger partial charge in [-0.3, -0.25) is 9.59 Å². The second-order valence-electron chi connectivity index (χ2n) is 9.00. The molecule has 1 heterocycles. The van der Waals surface area contributed by atoms with Crippen molar-refractivity contribution in [3.63, 3.8) is 0 Å². The highest BCUT2D eigenvalue weighted by molar-refractivity contribution is 6.46. The minimum absolute atomic E-state index is 0.0452. The van der Waals surface area contributed by atoms with E-state index in [0.717, 1.165) is 17.0 Å². The van der Waals surface area contributed by atoms with Gasteiger partial charge in [-0.05, 0) is 67.3 Å². The Kier molecular flexibility index (Phi) is 6.55. The number of hydrogen-bond acceptors (Lipinski definition) is 4. The maximum absolute atomic E-state index is 13.7. The molecule has 0 aromatic heterocycles. The van der Waals surface area contributed by atoms with E-state index >= 15 is 0 Å². The largest absolute Gasteiger partial charge is 0.491 e. The number of rotatable bonds is 7. The number of likely N-dealkylation sites (N-methyl/N-ethyl adjacent to an activating group) is 1. The first-order valence-corrected chi connectivity index (χ1v) is 11.6. The summed E-state index contributed by atoms with van der Waals surface area (Å²) in [5.74, 6) is 0.401. The first-order valence-electron chi connectivity index (χ1n) is 11.6. The van der Waals surface area contributed by atoms with E-state index in [0.29, 0.717) is 28.4 Å². The average Bonchev–Trinajstić information content (AvgIpc) is 3.09. The second kappa shape index (κ2) is 9.56. The van der Waals surface area contributed by atoms with Gasteiger partial charge in [-0.2, -0.15) is 0 Å². The van der Waals surface area contributed by atoms with Crippen molar-refractivity contribution in [1.82, 2.24) is 0 Å². The number of imide groups is 1. The Morgan fingerprint density at radius 1 is 0.765 bits per heavy atom. The molecule has 4 rings (SSSR count). The highest BCUT2D eigenvalue weighted by Gasteiger charge is 2.42. The van der Waals surface area contributed by atoms with Crippen molar-refractivity contribution < 1.29 is 14.3 Å². The molecule has 34 heavy (non-hydrogen) atoms. The summed E-state index contributed by atoms with van der Waals surface area (Å²) in [5.41, 5.74) is 3.94. The van der Waals surface area contributed by atoms with Crippen LogP contribution in [0.2, 0.25) is 0 Å². The highest BCUT2D eigenvalue weighted by Crippen LogP contribution is 2.37. The van der Waals surface area contributed by atoms with E-state index in [-0.39, 0.29) is 17.9 Å². The number of benzene rings is 3. The Morgan fingerprint density at radius 2 is 1.38 bits per heavy atom. The van der Waals surface area contributed by atoms with Gasteiger partial charge in [0.1, 0.15) is 11.4 Å². The smallest absolute Gasteiger partial charge is 0.282 e. The number of hydrogen-bond donors (Lipinski definition) is 0. The lowest BCUT2D eigenvalue weighted by molar-refractivity contribution is -0.120. The van der Waals surface area contributed by atoms with Gasteiger partial charge in [-0.15, -0.1) is 0 Å². The standard InChI is InChI=1S/C29H30N2O3/c1-19(2)21-11-15-24(16-12-21)31-28(32)26(22-13-17-25(18-14-22)34-20(3)4)27(29(31)33)30(5)23-9-7-6-8-10-23/h6-20H,1-5H3. The van der Waals surface area contributed by atoms with Crippen LogP contribution in [0.4, 0.5) is 11.4 Å². The molecule has 5 nitrogen and oxygen atoms in total. The van der Waals surface area contributed by atoms with Crippen molar-refractivity contribution in [3.8, 4) is 5.75 Å². The molecule has 0 fully saturated rings. The summed E-state index contributed by atoms with van der Waals surface area (Å²) in [6.07, 6.45) is 0.0452. The molecule has 174 valence electrons. The molecular weight excluding hydrogens is 424 g/mol. The van der Waals surface area contributed by atoms with Crippen molar-refractivity contribution in [3.05, 3.63) is 95.7 Å². The molecule has 0 bridgehead atoms. The van der Waals surface area contributed by atoms with E-state index in [1.54, 1.807) is 4.90 Å². The van der Waals surface area contributed by atoms with Crippen LogP contribution in [0.15, 0.2) is 84.6 Å². The molecule has 3 aromatic carbocycles. The van der Waals surface area contributed by atoms with Gasteiger partial charge < -0.3 is 9.64 Å². The molecule has 3 aromatic rings. The van der Waals surface area contributed by atoms with Crippen molar-refractivity contribution in [1.29, 1.82) is 0 Å². The molecule has 1 aliphatic rings. The SMILES string of the molecule is CC(C)Oc1ccc(C2=C(N(C)c3ccccc3)C(=O)N(c3ccc(C(C)C)cc3)C2=O)cc1. The van der Waals surface area contributed by atoms with Crippen LogP contribution < -0.4 is 14.5 Å². The van der Waals surface area contributed by atoms with E-state index in [4.69, 9.17) is 4.74 Å². The van der Waals surface area contributed by atoms with Crippen LogP contribution in [0.5, 0.6) is 5.75 Å². The molecule has 0 radical (unpaired) electrons. The number of anilines is 2. The van der Waals surface area contributed by atoms with E-state index in [1.807, 2.05) is 99.8 Å². The zero-order chi connectivity index (χ0) is 24.4. The van der Waals surface area contributed by atoms with Crippen molar-refractivity contribution >= 4 is 28.8 Å². The van der Waals surface area contributed by atoms with Crippen LogP contribution in [0.25, 0.3) is 5.57 Å². The molecule has 0 spiro atoms. The molecule has 0 atom stereocenters. The summed E-state index contributed by atoms with van der Waals surface area (Å²) in [7, 11) is 1.82. The summed E-state index contributed by atoms with van der Waals surface area (Å²) < 4.78 is 5.76. The zero-order valence-corrected chi connectivity index (χ0v) is 20.3. The fourth-order valence-corrected chi connectivity index (χ4v) is 4.09. The van der Waals surface area contributed by atoms with Crippen LogP contribution in [0, 0.1) is 0 Å². The van der Waals surface area contributed by atoms with E-state index < -0.39 is 0 Å². The van der Waals surface area contributed by atoms with Crippen molar-refractivity contribution in [2.24, 2.45) is 0 Å². The number of carbonyl (C=O) groups excluding carboxylic acids is 2. The highest BCUT2D eigenvalue weighted by atomic mass is 16.5. The molecule has 5 heteroatoms. The minimum atomic E-state index is -0.342. The molecule has 0 saturated carbocycles. The fraction of sp³-hybridized carbons (Fsp3) is 0.241. The zero-order valence-electron chi connectivity index (χ0n) is 20.3. The summed E-state index contributed by atoms with van der Waals surface area (Å²) >= 11 is 0. The van der Waals surface area contributed by atoms with Crippen molar-refractivity contribution in [2.75, 3.05) is 16.8 Å². The van der Waals surface area contributed by atoms with Gasteiger partial charge in [0.05, 0.1) is 17.4 Å². The van der Waals surface area contributed by atoms with Gasteiger partial charge in [0.25, 0.3) is 11.8 Å². The summed E-state index contributed by atoms with van der Waals surface area (Å²) in [5, 5.41) is 0. The first kappa shape index (κ1) is 23.3. The lowest BCUT2D eigenvalue weighted by atomic mass is 10.0. The normalized spacial score (nSPS) is 13.9. The second-order valence-corrected chi connectivity index (χ2v) is 9.00. The lowest BCUT2D eigenvalue weighted by Crippen LogP contribution is -2.34. The Bertz CT molecular complexity index is 1210. The fourth-order valence-electron chi connectivity index (χ4n) is 4.09. The Balaban J connectivity index is 1.79. The number of ether oxygens (including phenoxy) is 1. The third-order valence-electron chi connectivity index (χ3n) is 5.87. The minimum Gasteiger partial charge on any atom is -0.491 e. The van der Waals surface area contributed by atoms with Gasteiger partial charge in [0.15, 0.2) is 0 Å². The van der Waals surface area contributed by atoms with Gasteiger partial charge in [0, 0.05) is 12.7 Å². The Morgan fingerprint density at radius 3 is 1.94 bits per heavy atom. The number of nitrogens with zero attached hydrogens (tertiary/aromatic N) is 2. The molecular formula is C29H30N2O3. The molecule has 0 aliphatic carbocycles. The average molecular weight is 455 g/mol. The van der Waals surface area contributed by atoms with Gasteiger partial charge in [0.2, 0.25) is 0 Å². The number of para-hydroxylation sites is 1. The monoisotopic (exact) mass is 454 g/mol. The van der Waals surface area contributed by atoms with Crippen LogP contribution in [0.3, 0.4) is 0 Å². The predicted molar refractivity (Wildman–Crippen MR) is 137 cm³/mol. The van der Waals surface area contributed by atoms with E-state index in [9.17, 15) is 9.59 Å². The molecule has 0 saturated heterocycles. The first-order chi connectivity index (χ1) is 16.3. The van der Waals surface area contributed by atoms with Crippen LogP contribution in [0.1, 0.15) is 44.7 Å². The number of carbonyl (C=O) groups is 2. The Hall–Kier alpha value is -3.86. The quantitative estimate of drug-likeness (QED) is 0.410. The third-order valence-corrected chi connectivity index (χ3v) is 5.87. The third kappa shape index (κ3) is 4.46. The molecule has 1 aliphatic heterocycles. The Labute approximate surface area is 201 Å². The summed E-state index contributed by atoms with van der Waals surface area (Å²) in [4.78, 5) is 30.5. The molecule has 0 N–H and O–H groups in total. The molecule has 2 amide bonds. The maximum atomic E-state index is 13.7. The topological polar surface area (TPSA) is 49.9 Å². The van der Waals surface area contributed by atoms with Crippen LogP contribution >= 0.6 is 0 Å². The van der Waals surface area contributed by atoms with Crippen LogP contribution in [-0.4, -0.2) is 25.0 Å². The van der Waals surface area contributed by atoms with Gasteiger partial charge in [-0.25, -0.2) is 4.90 Å². The maximum Gasteiger partial charge on any atom is 0.282 e. The predicted octanol–water partition coefficient (Wildman–Crippen LogP) is 6.02. The van der Waals surface area contributed by atoms with Gasteiger partial charge in [-0.1, -0.05) is 56.3 Å². The van der Waals surface area contributed by atoms with Crippen LogP contribution in [-0.2, 0) is 9.59 Å².